The summed E-state index contributed by atoms with van der Waals surface area (Å²) >= 11 is 0. The summed E-state index contributed by atoms with van der Waals surface area (Å²) in [5.74, 6) is 2.10. The van der Waals surface area contributed by atoms with Gasteiger partial charge in [-0.15, -0.1) is 0 Å². The van der Waals surface area contributed by atoms with Crippen molar-refractivity contribution in [1.29, 1.82) is 0 Å². The molecule has 1 unspecified atom stereocenters. The molecule has 1 aromatic carbocycles. The van der Waals surface area contributed by atoms with E-state index in [1.54, 1.807) is 6.20 Å². The SMILES string of the molecule is CC(C)c1ccc(C(O)(c2cncc(-c3nc(C45CC(CO)(C4)C5)n(C(C)C)n3)c2)C2(C)CN(C)C2)cc1. The Bertz CT molecular complexity index is 1340. The van der Waals surface area contributed by atoms with E-state index in [2.05, 4.69) is 80.5 Å². The van der Waals surface area contributed by atoms with Crippen LogP contribution in [0.15, 0.2) is 42.7 Å². The van der Waals surface area contributed by atoms with Crippen LogP contribution in [0.4, 0.5) is 0 Å². The quantitative estimate of drug-likeness (QED) is 0.454. The normalized spacial score (nSPS) is 27.5. The number of aliphatic hydroxyl groups excluding tert-OH is 1. The lowest BCUT2D eigenvalue weighted by Crippen LogP contribution is -2.67. The van der Waals surface area contributed by atoms with Gasteiger partial charge in [-0.25, -0.2) is 9.67 Å². The maximum absolute atomic E-state index is 12.6. The Morgan fingerprint density at radius 1 is 1.00 bits per heavy atom. The van der Waals surface area contributed by atoms with Gasteiger partial charge in [-0.2, -0.15) is 5.10 Å². The first kappa shape index (κ1) is 25.7. The minimum atomic E-state index is -1.21. The lowest BCUT2D eigenvalue weighted by molar-refractivity contribution is -0.173. The number of hydrogen-bond donors (Lipinski definition) is 2. The standard InChI is InChI=1S/C31H41N5O2/c1-20(2)22-7-9-24(10-8-22)31(38,28(5)17-35(6)18-28)25-11-23(12-32-13-25)26-33-27(36(34-26)21(3)4)30-14-29(15-30,16-30)19-37/h7-13,20-21,37-38H,14-19H2,1-6H3. The van der Waals surface area contributed by atoms with E-state index in [-0.39, 0.29) is 28.9 Å². The van der Waals surface area contributed by atoms with Crippen molar-refractivity contribution >= 4 is 0 Å². The monoisotopic (exact) mass is 515 g/mol. The van der Waals surface area contributed by atoms with E-state index in [0.717, 1.165) is 54.9 Å². The Kier molecular flexibility index (Phi) is 5.70. The average Bonchev–Trinajstić information content (AvgIpc) is 3.27. The fraction of sp³-hybridized carbons (Fsp3) is 0.581. The van der Waals surface area contributed by atoms with E-state index < -0.39 is 5.60 Å². The molecule has 3 aromatic rings. The maximum atomic E-state index is 12.6. The van der Waals surface area contributed by atoms with Crippen LogP contribution >= 0.6 is 0 Å². The second-order valence-corrected chi connectivity index (χ2v) is 13.4. The molecule has 7 heteroatoms. The van der Waals surface area contributed by atoms with Gasteiger partial charge in [0, 0.05) is 60.1 Å². The zero-order valence-corrected chi connectivity index (χ0v) is 23.6. The molecule has 7 rings (SSSR count). The molecule has 202 valence electrons. The zero-order chi connectivity index (χ0) is 27.1. The number of pyridine rings is 1. The number of benzene rings is 1. The van der Waals surface area contributed by atoms with Crippen LogP contribution in [0.1, 0.15) is 88.4 Å². The van der Waals surface area contributed by atoms with Crippen molar-refractivity contribution in [2.75, 3.05) is 26.7 Å². The average molecular weight is 516 g/mol. The van der Waals surface area contributed by atoms with E-state index in [1.165, 1.54) is 5.56 Å². The molecule has 2 aromatic heterocycles. The predicted octanol–water partition coefficient (Wildman–Crippen LogP) is 4.65. The van der Waals surface area contributed by atoms with Crippen molar-refractivity contribution in [2.24, 2.45) is 10.8 Å². The van der Waals surface area contributed by atoms with Crippen LogP contribution in [0.3, 0.4) is 0 Å². The number of nitrogens with zero attached hydrogens (tertiary/aromatic N) is 5. The fourth-order valence-corrected chi connectivity index (χ4v) is 7.68. The van der Waals surface area contributed by atoms with Crippen molar-refractivity contribution in [2.45, 2.75) is 76.9 Å². The van der Waals surface area contributed by atoms with E-state index in [4.69, 9.17) is 10.1 Å². The molecule has 38 heavy (non-hydrogen) atoms. The van der Waals surface area contributed by atoms with Crippen molar-refractivity contribution in [1.82, 2.24) is 24.6 Å². The van der Waals surface area contributed by atoms with Gasteiger partial charge in [0.15, 0.2) is 5.82 Å². The third-order valence-electron chi connectivity index (χ3n) is 9.59. The predicted molar refractivity (Wildman–Crippen MR) is 148 cm³/mol. The Morgan fingerprint density at radius 2 is 1.66 bits per heavy atom. The van der Waals surface area contributed by atoms with Gasteiger partial charge in [-0.05, 0) is 68.7 Å². The molecule has 3 aliphatic carbocycles. The molecule has 0 spiro atoms. The maximum Gasteiger partial charge on any atom is 0.182 e. The van der Waals surface area contributed by atoms with Gasteiger partial charge < -0.3 is 15.1 Å². The second-order valence-electron chi connectivity index (χ2n) is 13.4. The number of aromatic nitrogens is 4. The van der Waals surface area contributed by atoms with Gasteiger partial charge >= 0.3 is 0 Å². The zero-order valence-electron chi connectivity index (χ0n) is 23.6. The Labute approximate surface area is 225 Å². The largest absolute Gasteiger partial charge is 0.396 e. The summed E-state index contributed by atoms with van der Waals surface area (Å²) in [6.45, 7) is 12.6. The number of rotatable bonds is 8. The summed E-state index contributed by atoms with van der Waals surface area (Å²) < 4.78 is 2.06. The highest BCUT2D eigenvalue weighted by Gasteiger charge is 2.70. The van der Waals surface area contributed by atoms with E-state index >= 15 is 0 Å². The first-order chi connectivity index (χ1) is 17.9. The van der Waals surface area contributed by atoms with Crippen molar-refractivity contribution in [3.8, 4) is 11.4 Å². The van der Waals surface area contributed by atoms with Crippen LogP contribution in [-0.2, 0) is 11.0 Å². The first-order valence-corrected chi connectivity index (χ1v) is 14.0. The molecule has 3 heterocycles. The van der Waals surface area contributed by atoms with Crippen LogP contribution < -0.4 is 0 Å². The van der Waals surface area contributed by atoms with E-state index in [1.807, 2.05) is 12.3 Å². The lowest BCUT2D eigenvalue weighted by Gasteiger charge is -2.69. The first-order valence-electron chi connectivity index (χ1n) is 14.0. The molecule has 1 atom stereocenters. The molecule has 4 fully saturated rings. The van der Waals surface area contributed by atoms with Crippen molar-refractivity contribution < 1.29 is 10.2 Å². The van der Waals surface area contributed by atoms with Crippen LogP contribution in [0.2, 0.25) is 0 Å². The van der Waals surface area contributed by atoms with Gasteiger partial charge in [-0.3, -0.25) is 4.98 Å². The summed E-state index contributed by atoms with van der Waals surface area (Å²) in [6.07, 6.45) is 6.56. The summed E-state index contributed by atoms with van der Waals surface area (Å²) in [4.78, 5) is 11.9. The minimum Gasteiger partial charge on any atom is -0.396 e. The highest BCUT2D eigenvalue weighted by atomic mass is 16.3. The molecule has 0 radical (unpaired) electrons. The smallest absolute Gasteiger partial charge is 0.182 e. The summed E-state index contributed by atoms with van der Waals surface area (Å²) in [6, 6.07) is 10.6. The molecule has 2 bridgehead atoms. The summed E-state index contributed by atoms with van der Waals surface area (Å²) in [7, 11) is 2.09. The number of aliphatic hydroxyl groups is 2. The molecule has 1 aliphatic heterocycles. The fourth-order valence-electron chi connectivity index (χ4n) is 7.68. The number of likely N-dealkylation sites (tertiary alicyclic amines) is 1. The van der Waals surface area contributed by atoms with Crippen LogP contribution in [0.5, 0.6) is 0 Å². The summed E-state index contributed by atoms with van der Waals surface area (Å²) in [5, 5.41) is 27.3. The van der Waals surface area contributed by atoms with E-state index in [0.29, 0.717) is 11.7 Å². The Balaban J connectivity index is 1.41. The van der Waals surface area contributed by atoms with Gasteiger partial charge in [0.1, 0.15) is 11.4 Å². The Morgan fingerprint density at radius 3 is 2.21 bits per heavy atom. The minimum absolute atomic E-state index is 0.0339. The molecular weight excluding hydrogens is 474 g/mol. The third kappa shape index (κ3) is 3.55. The lowest BCUT2D eigenvalue weighted by atomic mass is 9.35. The van der Waals surface area contributed by atoms with Crippen molar-refractivity contribution in [3.05, 3.63) is 65.2 Å². The van der Waals surface area contributed by atoms with Crippen LogP contribution in [-0.4, -0.2) is 61.6 Å². The second kappa shape index (κ2) is 8.44. The molecule has 2 N–H and O–H groups in total. The molecule has 0 amide bonds. The topological polar surface area (TPSA) is 87.3 Å². The number of hydrogen-bond acceptors (Lipinski definition) is 6. The molecule has 7 nitrogen and oxygen atoms in total. The molecular formula is C31H41N5O2. The van der Waals surface area contributed by atoms with Gasteiger partial charge in [0.25, 0.3) is 0 Å². The van der Waals surface area contributed by atoms with E-state index in [9.17, 15) is 10.2 Å². The van der Waals surface area contributed by atoms with Gasteiger partial charge in [0.05, 0.1) is 0 Å². The van der Waals surface area contributed by atoms with Gasteiger partial charge in [-0.1, -0.05) is 45.0 Å². The highest BCUT2D eigenvalue weighted by Crippen LogP contribution is 2.73. The molecule has 3 saturated carbocycles. The van der Waals surface area contributed by atoms with Crippen molar-refractivity contribution in [3.63, 3.8) is 0 Å². The van der Waals surface area contributed by atoms with Gasteiger partial charge in [0.2, 0.25) is 0 Å². The molecule has 1 saturated heterocycles. The molecule has 4 aliphatic rings. The Hall–Kier alpha value is -2.61. The van der Waals surface area contributed by atoms with Crippen LogP contribution in [0.25, 0.3) is 11.4 Å². The van der Waals surface area contributed by atoms with Crippen LogP contribution in [0, 0.1) is 10.8 Å². The third-order valence-corrected chi connectivity index (χ3v) is 9.59. The summed E-state index contributed by atoms with van der Waals surface area (Å²) in [5.41, 5.74) is 2.31. The highest BCUT2D eigenvalue weighted by molar-refractivity contribution is 5.57.